The Bertz CT molecular complexity index is 383. The smallest absolute Gasteiger partial charge is 0.132 e. The lowest BCUT2D eigenvalue weighted by atomic mass is 10.0. The normalized spacial score (nSPS) is 17.9. The highest BCUT2D eigenvalue weighted by atomic mass is 19.1. The SMILES string of the molecule is CCc1ccc(F)c(CC2(O)CC2)c1F. The maximum Gasteiger partial charge on any atom is 0.132 e. The molecule has 1 nitrogen and oxygen atoms in total. The second-order valence-electron chi connectivity index (χ2n) is 4.25. The van der Waals surface area contributed by atoms with Gasteiger partial charge in [-0.1, -0.05) is 13.0 Å². The van der Waals surface area contributed by atoms with Crippen LogP contribution in [0.4, 0.5) is 8.78 Å². The molecule has 1 aromatic rings. The van der Waals surface area contributed by atoms with E-state index in [1.165, 1.54) is 12.1 Å². The molecule has 1 fully saturated rings. The minimum absolute atomic E-state index is 0.0364. The lowest BCUT2D eigenvalue weighted by Crippen LogP contribution is -2.14. The first-order valence-corrected chi connectivity index (χ1v) is 5.24. The van der Waals surface area contributed by atoms with Crippen LogP contribution in [0.2, 0.25) is 0 Å². The third-order valence-electron chi connectivity index (χ3n) is 2.98. The van der Waals surface area contributed by atoms with E-state index in [9.17, 15) is 13.9 Å². The van der Waals surface area contributed by atoms with Gasteiger partial charge in [0.05, 0.1) is 5.60 Å². The summed E-state index contributed by atoms with van der Waals surface area (Å²) in [7, 11) is 0. The molecule has 15 heavy (non-hydrogen) atoms. The van der Waals surface area contributed by atoms with E-state index in [-0.39, 0.29) is 12.0 Å². The molecule has 0 radical (unpaired) electrons. The van der Waals surface area contributed by atoms with Gasteiger partial charge in [-0.05, 0) is 30.9 Å². The Morgan fingerprint density at radius 3 is 2.53 bits per heavy atom. The molecule has 0 atom stereocenters. The van der Waals surface area contributed by atoms with Gasteiger partial charge in [-0.15, -0.1) is 0 Å². The molecule has 3 heteroatoms. The van der Waals surface area contributed by atoms with Crippen LogP contribution >= 0.6 is 0 Å². The predicted octanol–water partition coefficient (Wildman–Crippen LogP) is 2.59. The molecule has 0 heterocycles. The van der Waals surface area contributed by atoms with Crippen molar-refractivity contribution in [2.75, 3.05) is 0 Å². The minimum Gasteiger partial charge on any atom is -0.390 e. The van der Waals surface area contributed by atoms with Gasteiger partial charge in [-0.25, -0.2) is 8.78 Å². The van der Waals surface area contributed by atoms with E-state index >= 15 is 0 Å². The van der Waals surface area contributed by atoms with Gasteiger partial charge in [-0.3, -0.25) is 0 Å². The Labute approximate surface area is 87.7 Å². The molecule has 0 aromatic heterocycles. The number of rotatable bonds is 3. The number of aliphatic hydroxyl groups is 1. The third kappa shape index (κ3) is 2.02. The summed E-state index contributed by atoms with van der Waals surface area (Å²) >= 11 is 0. The van der Waals surface area contributed by atoms with Crippen LogP contribution in [0.3, 0.4) is 0 Å². The molecule has 0 spiro atoms. The van der Waals surface area contributed by atoms with Gasteiger partial charge >= 0.3 is 0 Å². The highest BCUT2D eigenvalue weighted by Crippen LogP contribution is 2.39. The summed E-state index contributed by atoms with van der Waals surface area (Å²) in [5.41, 5.74) is -0.307. The molecule has 1 aromatic carbocycles. The van der Waals surface area contributed by atoms with Crippen molar-refractivity contribution in [3.05, 3.63) is 34.9 Å². The Balaban J connectivity index is 2.35. The number of halogens is 2. The molecule has 2 rings (SSSR count). The second-order valence-corrected chi connectivity index (χ2v) is 4.25. The number of benzene rings is 1. The highest BCUT2D eigenvalue weighted by molar-refractivity contribution is 5.29. The van der Waals surface area contributed by atoms with Crippen molar-refractivity contribution in [2.24, 2.45) is 0 Å². The fraction of sp³-hybridized carbons (Fsp3) is 0.500. The van der Waals surface area contributed by atoms with Crippen LogP contribution in [0.25, 0.3) is 0 Å². The summed E-state index contributed by atoms with van der Waals surface area (Å²) in [6.45, 7) is 1.83. The zero-order valence-electron chi connectivity index (χ0n) is 8.69. The molecule has 0 unspecified atom stereocenters. The van der Waals surface area contributed by atoms with E-state index in [4.69, 9.17) is 0 Å². The van der Waals surface area contributed by atoms with E-state index in [0.29, 0.717) is 24.8 Å². The monoisotopic (exact) mass is 212 g/mol. The molecule has 0 aliphatic heterocycles. The molecule has 1 aliphatic rings. The summed E-state index contributed by atoms with van der Waals surface area (Å²) in [6.07, 6.45) is 1.92. The number of hydrogen-bond donors (Lipinski definition) is 1. The third-order valence-corrected chi connectivity index (χ3v) is 2.98. The quantitative estimate of drug-likeness (QED) is 0.816. The molecule has 0 bridgehead atoms. The average molecular weight is 212 g/mol. The molecular formula is C12H14F2O. The Kier molecular flexibility index (Phi) is 2.51. The van der Waals surface area contributed by atoms with Crippen molar-refractivity contribution < 1.29 is 13.9 Å². The predicted molar refractivity (Wildman–Crippen MR) is 53.6 cm³/mol. The molecule has 82 valence electrons. The largest absolute Gasteiger partial charge is 0.390 e. The van der Waals surface area contributed by atoms with Gasteiger partial charge in [0.25, 0.3) is 0 Å². The van der Waals surface area contributed by atoms with Crippen LogP contribution in [0.5, 0.6) is 0 Å². The van der Waals surface area contributed by atoms with Crippen LogP contribution < -0.4 is 0 Å². The minimum atomic E-state index is -0.853. The summed E-state index contributed by atoms with van der Waals surface area (Å²) < 4.78 is 27.1. The van der Waals surface area contributed by atoms with Crippen LogP contribution in [0.15, 0.2) is 12.1 Å². The average Bonchev–Trinajstić information content (AvgIpc) is 2.92. The van der Waals surface area contributed by atoms with Gasteiger partial charge in [-0.2, -0.15) is 0 Å². The summed E-state index contributed by atoms with van der Waals surface area (Å²) in [6, 6.07) is 2.74. The Morgan fingerprint density at radius 2 is 2.00 bits per heavy atom. The molecular weight excluding hydrogens is 198 g/mol. The fourth-order valence-electron chi connectivity index (χ4n) is 1.73. The van der Waals surface area contributed by atoms with Crippen molar-refractivity contribution in [2.45, 2.75) is 38.2 Å². The zero-order chi connectivity index (χ0) is 11.1. The Morgan fingerprint density at radius 1 is 1.33 bits per heavy atom. The summed E-state index contributed by atoms with van der Waals surface area (Å²) in [5, 5.41) is 9.66. The van der Waals surface area contributed by atoms with Crippen molar-refractivity contribution in [1.82, 2.24) is 0 Å². The first-order chi connectivity index (χ1) is 7.06. The molecule has 1 aliphatic carbocycles. The van der Waals surface area contributed by atoms with Crippen LogP contribution in [0, 0.1) is 11.6 Å². The fourth-order valence-corrected chi connectivity index (χ4v) is 1.73. The first kappa shape index (κ1) is 10.6. The lowest BCUT2D eigenvalue weighted by molar-refractivity contribution is 0.148. The van der Waals surface area contributed by atoms with E-state index in [0.717, 1.165) is 0 Å². The summed E-state index contributed by atoms with van der Waals surface area (Å²) in [4.78, 5) is 0. The Hall–Kier alpha value is -0.960. The number of hydrogen-bond acceptors (Lipinski definition) is 1. The van der Waals surface area contributed by atoms with Crippen molar-refractivity contribution in [3.63, 3.8) is 0 Å². The molecule has 1 saturated carbocycles. The lowest BCUT2D eigenvalue weighted by Gasteiger charge is -2.11. The molecule has 1 N–H and O–H groups in total. The first-order valence-electron chi connectivity index (χ1n) is 5.24. The summed E-state index contributed by atoms with van der Waals surface area (Å²) in [5.74, 6) is -1.04. The molecule has 0 saturated heterocycles. The van der Waals surface area contributed by atoms with E-state index in [1.807, 2.05) is 6.92 Å². The maximum absolute atomic E-state index is 13.7. The van der Waals surface area contributed by atoms with E-state index in [2.05, 4.69) is 0 Å². The van der Waals surface area contributed by atoms with Crippen molar-refractivity contribution >= 4 is 0 Å². The van der Waals surface area contributed by atoms with E-state index < -0.39 is 17.2 Å². The standard InChI is InChI=1S/C12H14F2O/c1-2-8-3-4-10(13)9(11(8)14)7-12(15)5-6-12/h3-4,15H,2,5-7H2,1H3. The molecule has 0 amide bonds. The van der Waals surface area contributed by atoms with Gasteiger partial charge in [0, 0.05) is 12.0 Å². The van der Waals surface area contributed by atoms with Crippen LogP contribution in [0.1, 0.15) is 30.9 Å². The van der Waals surface area contributed by atoms with Gasteiger partial charge in [0.15, 0.2) is 0 Å². The van der Waals surface area contributed by atoms with Crippen LogP contribution in [-0.2, 0) is 12.8 Å². The highest BCUT2D eigenvalue weighted by Gasteiger charge is 2.41. The second kappa shape index (κ2) is 3.56. The van der Waals surface area contributed by atoms with Gasteiger partial charge in [0.1, 0.15) is 11.6 Å². The van der Waals surface area contributed by atoms with Crippen molar-refractivity contribution in [1.29, 1.82) is 0 Å². The van der Waals surface area contributed by atoms with Gasteiger partial charge in [0.2, 0.25) is 0 Å². The maximum atomic E-state index is 13.7. The topological polar surface area (TPSA) is 20.2 Å². The number of aryl methyl sites for hydroxylation is 1. The van der Waals surface area contributed by atoms with Crippen LogP contribution in [-0.4, -0.2) is 10.7 Å². The zero-order valence-corrected chi connectivity index (χ0v) is 8.69. The van der Waals surface area contributed by atoms with Crippen molar-refractivity contribution in [3.8, 4) is 0 Å². The van der Waals surface area contributed by atoms with E-state index in [1.54, 1.807) is 0 Å². The van der Waals surface area contributed by atoms with Gasteiger partial charge < -0.3 is 5.11 Å².